The van der Waals surface area contributed by atoms with E-state index in [-0.39, 0.29) is 6.04 Å². The van der Waals surface area contributed by atoms with Crippen molar-refractivity contribution in [2.75, 3.05) is 20.3 Å². The molecule has 0 amide bonds. The van der Waals surface area contributed by atoms with Crippen LogP contribution in [0.5, 0.6) is 11.5 Å². The molecule has 1 atom stereocenters. The Morgan fingerprint density at radius 2 is 2.00 bits per heavy atom. The van der Waals surface area contributed by atoms with Gasteiger partial charge in [0, 0.05) is 17.1 Å². The highest BCUT2D eigenvalue weighted by molar-refractivity contribution is 9.10. The number of rotatable bonds is 3. The number of halogens is 1. The zero-order valence-corrected chi connectivity index (χ0v) is 13.4. The monoisotopic (exact) mass is 348 g/mol. The Morgan fingerprint density at radius 3 is 2.76 bits per heavy atom. The molecule has 2 aromatic rings. The van der Waals surface area contributed by atoms with Crippen LogP contribution in [0.15, 0.2) is 41.0 Å². The smallest absolute Gasteiger partial charge is 0.161 e. The van der Waals surface area contributed by atoms with Crippen LogP contribution in [-0.2, 0) is 0 Å². The minimum Gasteiger partial charge on any atom is -0.490 e. The van der Waals surface area contributed by atoms with Crippen LogP contribution in [0.25, 0.3) is 0 Å². The van der Waals surface area contributed by atoms with Crippen molar-refractivity contribution in [3.8, 4) is 11.5 Å². The van der Waals surface area contributed by atoms with Crippen molar-refractivity contribution in [2.24, 2.45) is 0 Å². The van der Waals surface area contributed by atoms with E-state index in [1.165, 1.54) is 0 Å². The van der Waals surface area contributed by atoms with Crippen molar-refractivity contribution in [3.63, 3.8) is 0 Å². The summed E-state index contributed by atoms with van der Waals surface area (Å²) in [7, 11) is 1.93. The maximum Gasteiger partial charge on any atom is 0.161 e. The summed E-state index contributed by atoms with van der Waals surface area (Å²) in [6.07, 6.45) is 2.71. The summed E-state index contributed by atoms with van der Waals surface area (Å²) in [5.74, 6) is 1.61. The van der Waals surface area contributed by atoms with Crippen molar-refractivity contribution in [1.82, 2.24) is 10.3 Å². The highest BCUT2D eigenvalue weighted by Gasteiger charge is 2.19. The average Bonchev–Trinajstić information content (AvgIpc) is 2.75. The van der Waals surface area contributed by atoms with Crippen molar-refractivity contribution in [3.05, 3.63) is 52.3 Å². The van der Waals surface area contributed by atoms with Crippen molar-refractivity contribution in [1.29, 1.82) is 0 Å². The standard InChI is InChI=1S/C16H17BrN2O2/c1-18-15(16-12(17)4-2-7-19-16)11-5-6-13-14(10-11)21-9-3-8-20-13/h2,4-7,10,15,18H,3,8-9H2,1H3. The van der Waals surface area contributed by atoms with E-state index in [9.17, 15) is 0 Å². The van der Waals surface area contributed by atoms with Crippen molar-refractivity contribution >= 4 is 15.9 Å². The number of ether oxygens (including phenoxy) is 2. The van der Waals surface area contributed by atoms with E-state index in [1.807, 2.05) is 31.3 Å². The zero-order chi connectivity index (χ0) is 14.7. The van der Waals surface area contributed by atoms with Gasteiger partial charge in [-0.05, 0) is 52.8 Å². The Morgan fingerprint density at radius 1 is 1.19 bits per heavy atom. The predicted molar refractivity (Wildman–Crippen MR) is 84.9 cm³/mol. The van der Waals surface area contributed by atoms with Gasteiger partial charge in [-0.1, -0.05) is 6.07 Å². The molecule has 1 aromatic carbocycles. The van der Waals surface area contributed by atoms with Gasteiger partial charge in [0.25, 0.3) is 0 Å². The Labute approximate surface area is 132 Å². The van der Waals surface area contributed by atoms with E-state index in [0.717, 1.165) is 33.6 Å². The SMILES string of the molecule is CNC(c1ccc2c(c1)OCCCO2)c1ncccc1Br. The van der Waals surface area contributed by atoms with Crippen molar-refractivity contribution in [2.45, 2.75) is 12.5 Å². The van der Waals surface area contributed by atoms with E-state index < -0.39 is 0 Å². The molecule has 0 bridgehead atoms. The van der Waals surface area contributed by atoms with Gasteiger partial charge in [0.15, 0.2) is 11.5 Å². The van der Waals surface area contributed by atoms with Gasteiger partial charge in [-0.15, -0.1) is 0 Å². The lowest BCUT2D eigenvalue weighted by Gasteiger charge is -2.19. The fraction of sp³-hybridized carbons (Fsp3) is 0.312. The van der Waals surface area contributed by atoms with Crippen LogP contribution in [0.1, 0.15) is 23.7 Å². The molecule has 0 fully saturated rings. The molecular weight excluding hydrogens is 332 g/mol. The van der Waals surface area contributed by atoms with Crippen molar-refractivity contribution < 1.29 is 9.47 Å². The van der Waals surface area contributed by atoms with E-state index in [4.69, 9.17) is 9.47 Å². The topological polar surface area (TPSA) is 43.4 Å². The molecule has 2 heterocycles. The summed E-state index contributed by atoms with van der Waals surface area (Å²) in [6, 6.07) is 9.96. The summed E-state index contributed by atoms with van der Waals surface area (Å²) in [4.78, 5) is 4.47. The highest BCUT2D eigenvalue weighted by atomic mass is 79.9. The third-order valence-electron chi connectivity index (χ3n) is 3.45. The molecule has 4 nitrogen and oxygen atoms in total. The van der Waals surface area contributed by atoms with Crippen LogP contribution < -0.4 is 14.8 Å². The number of aromatic nitrogens is 1. The third-order valence-corrected chi connectivity index (χ3v) is 4.12. The van der Waals surface area contributed by atoms with Gasteiger partial charge in [-0.2, -0.15) is 0 Å². The van der Waals surface area contributed by atoms with Gasteiger partial charge >= 0.3 is 0 Å². The third kappa shape index (κ3) is 3.04. The predicted octanol–water partition coefficient (Wildman–Crippen LogP) is 3.31. The number of hydrogen-bond donors (Lipinski definition) is 1. The van der Waals surface area contributed by atoms with E-state index in [2.05, 4.69) is 32.3 Å². The number of nitrogens with one attached hydrogen (secondary N) is 1. The summed E-state index contributed by atoms with van der Waals surface area (Å²) in [6.45, 7) is 1.39. The quantitative estimate of drug-likeness (QED) is 0.923. The second-order valence-corrected chi connectivity index (χ2v) is 5.70. The first-order valence-corrected chi connectivity index (χ1v) is 7.76. The van der Waals surface area contributed by atoms with Gasteiger partial charge in [0.2, 0.25) is 0 Å². The maximum atomic E-state index is 5.76. The molecule has 0 saturated carbocycles. The molecule has 1 N–H and O–H groups in total. The summed E-state index contributed by atoms with van der Waals surface area (Å²) < 4.78 is 12.4. The summed E-state index contributed by atoms with van der Waals surface area (Å²) >= 11 is 3.56. The largest absolute Gasteiger partial charge is 0.490 e. The van der Waals surface area contributed by atoms with Gasteiger partial charge in [-0.25, -0.2) is 0 Å². The van der Waals surface area contributed by atoms with Crippen LogP contribution in [0.4, 0.5) is 0 Å². The fourth-order valence-electron chi connectivity index (χ4n) is 2.43. The fourth-order valence-corrected chi connectivity index (χ4v) is 2.91. The number of hydrogen-bond acceptors (Lipinski definition) is 4. The Hall–Kier alpha value is -1.59. The molecule has 0 aliphatic carbocycles. The van der Waals surface area contributed by atoms with Gasteiger partial charge in [0.1, 0.15) is 0 Å². The molecule has 1 aliphatic heterocycles. The molecule has 0 saturated heterocycles. The second-order valence-electron chi connectivity index (χ2n) is 4.85. The molecule has 1 unspecified atom stereocenters. The lowest BCUT2D eigenvalue weighted by Crippen LogP contribution is -2.19. The molecule has 5 heteroatoms. The van der Waals surface area contributed by atoms with Crippen LogP contribution in [0.2, 0.25) is 0 Å². The Kier molecular flexibility index (Phi) is 4.41. The minimum absolute atomic E-state index is 0.00210. The average molecular weight is 349 g/mol. The van der Waals surface area contributed by atoms with E-state index in [0.29, 0.717) is 13.2 Å². The van der Waals surface area contributed by atoms with Crippen LogP contribution in [0, 0.1) is 0 Å². The molecule has 0 spiro atoms. The summed E-state index contributed by atoms with van der Waals surface area (Å²) in [5, 5.41) is 3.31. The Bertz CT molecular complexity index is 633. The zero-order valence-electron chi connectivity index (χ0n) is 11.8. The molecule has 1 aliphatic rings. The normalized spacial score (nSPS) is 15.3. The molecule has 21 heavy (non-hydrogen) atoms. The number of pyridine rings is 1. The molecule has 0 radical (unpaired) electrons. The van der Waals surface area contributed by atoms with Gasteiger partial charge in [-0.3, -0.25) is 4.98 Å². The van der Waals surface area contributed by atoms with E-state index >= 15 is 0 Å². The highest BCUT2D eigenvalue weighted by Crippen LogP contribution is 2.34. The number of fused-ring (bicyclic) bond motifs is 1. The summed E-state index contributed by atoms with van der Waals surface area (Å²) in [5.41, 5.74) is 2.05. The first-order chi connectivity index (χ1) is 10.3. The van der Waals surface area contributed by atoms with Crippen LogP contribution in [-0.4, -0.2) is 25.2 Å². The molecule has 110 valence electrons. The lowest BCUT2D eigenvalue weighted by molar-refractivity contribution is 0.297. The second kappa shape index (κ2) is 6.45. The number of nitrogens with zero attached hydrogens (tertiary/aromatic N) is 1. The lowest BCUT2D eigenvalue weighted by atomic mass is 10.0. The van der Waals surface area contributed by atoms with Gasteiger partial charge < -0.3 is 14.8 Å². The first kappa shape index (κ1) is 14.4. The van der Waals surface area contributed by atoms with Crippen LogP contribution in [0.3, 0.4) is 0 Å². The van der Waals surface area contributed by atoms with E-state index in [1.54, 1.807) is 6.20 Å². The maximum absolute atomic E-state index is 5.76. The molecule has 1 aromatic heterocycles. The molecule has 3 rings (SSSR count). The minimum atomic E-state index is -0.00210. The molecular formula is C16H17BrN2O2. The van der Waals surface area contributed by atoms with Crippen LogP contribution >= 0.6 is 15.9 Å². The first-order valence-electron chi connectivity index (χ1n) is 6.97. The number of benzene rings is 1. The Balaban J connectivity index is 1.98. The van der Waals surface area contributed by atoms with Gasteiger partial charge in [0.05, 0.1) is 24.9 Å².